The topological polar surface area (TPSA) is 157 Å². The molecule has 0 saturated carbocycles. The zero-order valence-electron chi connectivity index (χ0n) is 12.6. The summed E-state index contributed by atoms with van der Waals surface area (Å²) in [5.41, 5.74) is 10.5. The normalized spacial score (nSPS) is 12.2. The van der Waals surface area contributed by atoms with Crippen molar-refractivity contribution in [1.29, 1.82) is 0 Å². The molecule has 2 unspecified atom stereocenters. The van der Waals surface area contributed by atoms with Crippen LogP contribution in [0.15, 0.2) is 4.52 Å². The van der Waals surface area contributed by atoms with Gasteiger partial charge in [0, 0.05) is 11.5 Å². The summed E-state index contributed by atoms with van der Waals surface area (Å²) in [6.45, 7) is 1.64. The Morgan fingerprint density at radius 3 is 2.35 bits per heavy atom. The summed E-state index contributed by atoms with van der Waals surface area (Å²) in [5, 5.41) is 11.0. The van der Waals surface area contributed by atoms with Crippen LogP contribution in [0.4, 0.5) is 0 Å². The van der Waals surface area contributed by atoms with E-state index in [0.29, 0.717) is 0 Å². The minimum atomic E-state index is -1.09. The smallest absolute Gasteiger partial charge is 0.329 e. The highest BCUT2D eigenvalue weighted by molar-refractivity contribution is 8.76. The van der Waals surface area contributed by atoms with Gasteiger partial charge in [-0.25, -0.2) is 4.79 Å². The lowest BCUT2D eigenvalue weighted by molar-refractivity contribution is -0.146. The van der Waals surface area contributed by atoms with Crippen LogP contribution in [-0.2, 0) is 19.1 Å². The van der Waals surface area contributed by atoms with Gasteiger partial charge in [0.25, 0.3) is 0 Å². The lowest BCUT2D eigenvalue weighted by atomic mass is 10.3. The Morgan fingerprint density at radius 2 is 1.91 bits per heavy atom. The molecule has 0 aromatic carbocycles. The highest BCUT2D eigenvalue weighted by Gasteiger charge is 2.22. The van der Waals surface area contributed by atoms with Crippen LogP contribution in [0, 0.1) is 0 Å². The molecule has 0 aliphatic carbocycles. The number of hydrogen-bond acceptors (Lipinski definition) is 9. The first-order valence-electron chi connectivity index (χ1n) is 6.29. The van der Waals surface area contributed by atoms with Crippen molar-refractivity contribution in [3.63, 3.8) is 0 Å². The number of carbonyl (C=O) groups excluding carboxylic acids is 2. The summed E-state index contributed by atoms with van der Waals surface area (Å²) < 4.78 is 8.05. The first-order valence-corrected chi connectivity index (χ1v) is 9.74. The maximum atomic E-state index is 11.6. The van der Waals surface area contributed by atoms with Crippen LogP contribution in [0.3, 0.4) is 0 Å². The zero-order chi connectivity index (χ0) is 18.3. The van der Waals surface area contributed by atoms with Crippen molar-refractivity contribution in [2.75, 3.05) is 24.7 Å². The Bertz CT molecular complexity index is 392. The molecule has 0 saturated heterocycles. The highest BCUT2D eigenvalue weighted by Crippen LogP contribution is 2.22. The molecular weight excluding hydrogens is 382 g/mol. The van der Waals surface area contributed by atoms with Crippen molar-refractivity contribution in [1.82, 2.24) is 5.32 Å². The average Bonchev–Trinajstić information content (AvgIpc) is 2.50. The minimum absolute atomic E-state index is 0.195. The van der Waals surface area contributed by atoms with Gasteiger partial charge in [-0.05, 0) is 25.3 Å². The lowest BCUT2D eigenvalue weighted by Crippen LogP contribution is -2.45. The van der Waals surface area contributed by atoms with E-state index in [-0.39, 0.29) is 24.7 Å². The molecule has 0 heterocycles. The molecule has 9 nitrogen and oxygen atoms in total. The van der Waals surface area contributed by atoms with E-state index in [1.54, 1.807) is 6.92 Å². The minimum Gasteiger partial charge on any atom is -0.480 e. The monoisotopic (exact) mass is 404 g/mol. The van der Waals surface area contributed by atoms with Gasteiger partial charge in [0.05, 0.1) is 13.2 Å². The lowest BCUT2D eigenvalue weighted by Gasteiger charge is -2.16. The number of carboxylic acids is 1. The molecule has 0 bridgehead atoms. The summed E-state index contributed by atoms with van der Waals surface area (Å²) in [5.74, 6) is -1.67. The quantitative estimate of drug-likeness (QED) is 0.169. The molecule has 1 amide bonds. The van der Waals surface area contributed by atoms with Crippen LogP contribution < -0.4 is 16.8 Å². The molecule has 23 heavy (non-hydrogen) atoms. The number of nitrogens with one attached hydrogen (secondary N) is 1. The highest BCUT2D eigenvalue weighted by atomic mass is 33.1. The maximum absolute atomic E-state index is 11.6. The van der Waals surface area contributed by atoms with Gasteiger partial charge in [-0.3, -0.25) is 14.1 Å². The number of nitrogens with two attached hydrogens (primary N) is 2. The van der Waals surface area contributed by atoms with Crippen molar-refractivity contribution < 1.29 is 24.2 Å². The molecule has 0 rings (SSSR count). The summed E-state index contributed by atoms with van der Waals surface area (Å²) in [6, 6.07) is -1.78. The third-order valence-electron chi connectivity index (χ3n) is 1.97. The molecular formula is C10H22N4O5P2S2. The van der Waals surface area contributed by atoms with Gasteiger partial charge in [0.15, 0.2) is 0 Å². The molecule has 0 aromatic rings. The van der Waals surface area contributed by atoms with Crippen molar-refractivity contribution in [2.45, 2.75) is 19.0 Å². The molecule has 0 aliphatic heterocycles. The van der Waals surface area contributed by atoms with Gasteiger partial charge in [-0.15, -0.1) is 0 Å². The second-order valence-corrected chi connectivity index (χ2v) is 7.30. The number of carbonyl (C=O) groups is 3. The molecule has 0 aliphatic rings. The summed E-state index contributed by atoms with van der Waals surface area (Å²) in [4.78, 5) is 33.3. The molecule has 0 fully saturated rings. The Morgan fingerprint density at radius 1 is 1.39 bits per heavy atom. The van der Waals surface area contributed by atoms with E-state index in [4.69, 9.17) is 21.3 Å². The number of esters is 1. The molecule has 6 N–H and O–H groups in total. The van der Waals surface area contributed by atoms with Gasteiger partial charge < -0.3 is 26.6 Å². The SMILES string of the molecule is CCOC(=O)[C@H](CSSCC(N)C(=O)O)NC(=O)CN.P=NP. The van der Waals surface area contributed by atoms with Gasteiger partial charge in [0.1, 0.15) is 12.1 Å². The van der Waals surface area contributed by atoms with Crippen molar-refractivity contribution in [2.24, 2.45) is 16.0 Å². The van der Waals surface area contributed by atoms with Gasteiger partial charge in [-0.1, -0.05) is 21.6 Å². The number of aliphatic carboxylic acids is 1. The molecule has 3 atom stereocenters. The van der Waals surface area contributed by atoms with E-state index >= 15 is 0 Å². The van der Waals surface area contributed by atoms with Crippen molar-refractivity contribution in [3.8, 4) is 0 Å². The Balaban J connectivity index is 0. The van der Waals surface area contributed by atoms with E-state index < -0.39 is 29.9 Å². The average molecular weight is 404 g/mol. The van der Waals surface area contributed by atoms with Crippen LogP contribution in [0.25, 0.3) is 0 Å². The molecule has 0 aromatic heterocycles. The van der Waals surface area contributed by atoms with Crippen LogP contribution in [0.5, 0.6) is 0 Å². The fourth-order valence-electron chi connectivity index (χ4n) is 0.974. The van der Waals surface area contributed by atoms with Crippen LogP contribution in [-0.4, -0.2) is 59.7 Å². The van der Waals surface area contributed by atoms with E-state index in [0.717, 1.165) is 0 Å². The standard InChI is InChI=1S/C10H19N3O5S2.H3NP2/c1-2-18-10(17)7(13-8(14)3-11)5-20-19-4-6(12)9(15)16;2-1-3/h6-7H,2-5,11-12H2,1H3,(H,13,14)(H,15,16);2H,3H2/t6?,7-;/m0./s1. The van der Waals surface area contributed by atoms with E-state index in [2.05, 4.69) is 28.3 Å². The van der Waals surface area contributed by atoms with E-state index in [9.17, 15) is 14.4 Å². The molecule has 0 spiro atoms. The number of hydrogen-bond donors (Lipinski definition) is 4. The predicted octanol–water partition coefficient (Wildman–Crippen LogP) is -0.111. The third-order valence-corrected chi connectivity index (χ3v) is 4.42. The Hall–Kier alpha value is -0.440. The summed E-state index contributed by atoms with van der Waals surface area (Å²) in [6.07, 6.45) is 0. The fourth-order valence-corrected chi connectivity index (χ4v) is 3.24. The number of ether oxygens (including phenoxy) is 1. The summed E-state index contributed by atoms with van der Waals surface area (Å²) >= 11 is 0. The largest absolute Gasteiger partial charge is 0.480 e. The van der Waals surface area contributed by atoms with Crippen LogP contribution in [0.2, 0.25) is 0 Å². The molecule has 134 valence electrons. The van der Waals surface area contributed by atoms with Crippen molar-refractivity contribution >= 4 is 57.9 Å². The Labute approximate surface area is 147 Å². The van der Waals surface area contributed by atoms with Crippen LogP contribution >= 0.6 is 40.0 Å². The zero-order valence-corrected chi connectivity index (χ0v) is 16.3. The number of rotatable bonds is 10. The van der Waals surface area contributed by atoms with Gasteiger partial charge in [-0.2, -0.15) is 0 Å². The maximum Gasteiger partial charge on any atom is 0.329 e. The molecule has 13 heteroatoms. The fraction of sp³-hybridized carbons (Fsp3) is 0.700. The van der Waals surface area contributed by atoms with Crippen molar-refractivity contribution in [3.05, 3.63) is 0 Å². The van der Waals surface area contributed by atoms with E-state index in [1.165, 1.54) is 21.6 Å². The second kappa shape index (κ2) is 16.4. The first kappa shape index (κ1) is 24.8. The number of carboxylic acid groups (broad SMARTS) is 1. The number of nitrogens with zero attached hydrogens (tertiary/aromatic N) is 1. The Kier molecular flexibility index (Phi) is 17.7. The number of amides is 1. The van der Waals surface area contributed by atoms with Gasteiger partial charge in [0.2, 0.25) is 5.91 Å². The van der Waals surface area contributed by atoms with Crippen LogP contribution in [0.1, 0.15) is 6.92 Å². The van der Waals surface area contributed by atoms with Gasteiger partial charge >= 0.3 is 11.9 Å². The van der Waals surface area contributed by atoms with E-state index in [1.807, 2.05) is 0 Å². The predicted molar refractivity (Wildman–Crippen MR) is 98.6 cm³/mol. The third kappa shape index (κ3) is 14.9. The summed E-state index contributed by atoms with van der Waals surface area (Å²) in [7, 11) is 7.33. The first-order chi connectivity index (χ1) is 10.8. The second-order valence-electron chi connectivity index (χ2n) is 3.72. The molecule has 0 radical (unpaired) electrons.